The van der Waals surface area contributed by atoms with Gasteiger partial charge in [-0.1, -0.05) is 0 Å². The van der Waals surface area contributed by atoms with E-state index >= 15 is 0 Å². The Hall–Kier alpha value is -2.31. The minimum Gasteiger partial charge on any atom is -0.481 e. The topological polar surface area (TPSA) is 74.1 Å². The minimum absolute atomic E-state index is 0.475. The molecule has 114 valence electrons. The Morgan fingerprint density at radius 2 is 1.76 bits per heavy atom. The summed E-state index contributed by atoms with van der Waals surface area (Å²) in [6.45, 7) is 5.66. The monoisotopic (exact) mass is 291 g/mol. The number of rotatable bonds is 7. The Balaban J connectivity index is 1.87. The highest BCUT2D eigenvalue weighted by atomic mass is 16.5. The van der Waals surface area contributed by atoms with Gasteiger partial charge in [0.2, 0.25) is 17.7 Å². The molecule has 7 nitrogen and oxygen atoms in total. The number of nitrogens with one attached hydrogen (secondary N) is 1. The van der Waals surface area contributed by atoms with Gasteiger partial charge in [-0.25, -0.2) is 0 Å². The van der Waals surface area contributed by atoms with E-state index < -0.39 is 0 Å². The van der Waals surface area contributed by atoms with Gasteiger partial charge in [0, 0.05) is 18.8 Å². The van der Waals surface area contributed by atoms with Gasteiger partial charge in [0.05, 0.1) is 26.0 Å². The van der Waals surface area contributed by atoms with Crippen molar-refractivity contribution in [2.45, 2.75) is 26.8 Å². The van der Waals surface area contributed by atoms with Crippen molar-refractivity contribution in [3.8, 4) is 11.8 Å². The van der Waals surface area contributed by atoms with Crippen LogP contribution in [0, 0.1) is 13.8 Å². The maximum absolute atomic E-state index is 5.11. The molecule has 0 bridgehead atoms. The van der Waals surface area contributed by atoms with Crippen molar-refractivity contribution in [2.75, 3.05) is 26.1 Å². The van der Waals surface area contributed by atoms with Gasteiger partial charge in [-0.2, -0.15) is 15.1 Å². The second kappa shape index (κ2) is 6.92. The largest absolute Gasteiger partial charge is 0.481 e. The molecule has 1 N–H and O–H groups in total. The summed E-state index contributed by atoms with van der Waals surface area (Å²) in [4.78, 5) is 8.44. The van der Waals surface area contributed by atoms with Gasteiger partial charge in [-0.05, 0) is 26.3 Å². The Kier molecular flexibility index (Phi) is 4.97. The smallest absolute Gasteiger partial charge is 0.229 e. The molecule has 0 aliphatic heterocycles. The molecule has 0 saturated carbocycles. The van der Waals surface area contributed by atoms with E-state index in [1.54, 1.807) is 20.3 Å². The van der Waals surface area contributed by atoms with E-state index in [1.807, 2.05) is 11.6 Å². The zero-order chi connectivity index (χ0) is 15.2. The van der Waals surface area contributed by atoms with Gasteiger partial charge in [0.25, 0.3) is 0 Å². The SMILES string of the molecule is COc1cc(OC)nc(NCCCn2nc(C)cc2C)n1. The predicted octanol–water partition coefficient (Wildman–Crippen LogP) is 1.81. The summed E-state index contributed by atoms with van der Waals surface area (Å²) in [6.07, 6.45) is 0.921. The number of aryl methyl sites for hydroxylation is 3. The van der Waals surface area contributed by atoms with Gasteiger partial charge >= 0.3 is 0 Å². The van der Waals surface area contributed by atoms with Crippen molar-refractivity contribution in [3.63, 3.8) is 0 Å². The van der Waals surface area contributed by atoms with E-state index in [2.05, 4.69) is 33.4 Å². The molecule has 0 atom stereocenters. The highest BCUT2D eigenvalue weighted by Crippen LogP contribution is 2.17. The van der Waals surface area contributed by atoms with E-state index in [0.29, 0.717) is 17.7 Å². The van der Waals surface area contributed by atoms with Crippen LogP contribution in [-0.2, 0) is 6.54 Å². The lowest BCUT2D eigenvalue weighted by atomic mass is 10.4. The molecule has 0 radical (unpaired) electrons. The summed E-state index contributed by atoms with van der Waals surface area (Å²) in [5.74, 6) is 1.45. The molecule has 0 saturated heterocycles. The number of hydrogen-bond donors (Lipinski definition) is 1. The number of aromatic nitrogens is 4. The van der Waals surface area contributed by atoms with Crippen LogP contribution < -0.4 is 14.8 Å². The molecule has 2 aromatic rings. The van der Waals surface area contributed by atoms with Crippen molar-refractivity contribution in [3.05, 3.63) is 23.5 Å². The first-order valence-electron chi connectivity index (χ1n) is 6.84. The molecule has 0 unspecified atom stereocenters. The highest BCUT2D eigenvalue weighted by molar-refractivity contribution is 5.33. The second-order valence-electron chi connectivity index (χ2n) is 4.71. The second-order valence-corrected chi connectivity index (χ2v) is 4.71. The summed E-state index contributed by atoms with van der Waals surface area (Å²) in [5, 5.41) is 7.59. The van der Waals surface area contributed by atoms with Crippen LogP contribution in [0.1, 0.15) is 17.8 Å². The first-order valence-corrected chi connectivity index (χ1v) is 6.84. The third-order valence-electron chi connectivity index (χ3n) is 3.03. The molecule has 7 heteroatoms. The zero-order valence-corrected chi connectivity index (χ0v) is 12.9. The Morgan fingerprint density at radius 3 is 2.29 bits per heavy atom. The lowest BCUT2D eigenvalue weighted by molar-refractivity contribution is 0.372. The standard InChI is InChI=1S/C14H21N5O2/c1-10-8-11(2)19(18-10)7-5-6-15-14-16-12(20-3)9-13(17-14)21-4/h8-9H,5-7H2,1-4H3,(H,15,16,17). The van der Waals surface area contributed by atoms with Crippen LogP contribution >= 0.6 is 0 Å². The fourth-order valence-corrected chi connectivity index (χ4v) is 2.02. The van der Waals surface area contributed by atoms with Crippen molar-refractivity contribution < 1.29 is 9.47 Å². The van der Waals surface area contributed by atoms with Crippen LogP contribution in [0.2, 0.25) is 0 Å². The first kappa shape index (κ1) is 15.1. The average molecular weight is 291 g/mol. The molecule has 0 aromatic carbocycles. The summed E-state index contributed by atoms with van der Waals surface area (Å²) in [6, 6.07) is 3.71. The number of hydrogen-bond acceptors (Lipinski definition) is 6. The van der Waals surface area contributed by atoms with Gasteiger partial charge in [0.15, 0.2) is 0 Å². The summed E-state index contributed by atoms with van der Waals surface area (Å²) < 4.78 is 12.2. The molecule has 0 fully saturated rings. The Labute approximate surface area is 124 Å². The van der Waals surface area contributed by atoms with E-state index in [9.17, 15) is 0 Å². The maximum Gasteiger partial charge on any atom is 0.229 e. The lowest BCUT2D eigenvalue weighted by Crippen LogP contribution is -2.11. The van der Waals surface area contributed by atoms with E-state index in [1.165, 1.54) is 5.69 Å². The molecular formula is C14H21N5O2. The van der Waals surface area contributed by atoms with Crippen molar-refractivity contribution in [1.29, 1.82) is 0 Å². The lowest BCUT2D eigenvalue weighted by Gasteiger charge is -2.09. The highest BCUT2D eigenvalue weighted by Gasteiger charge is 2.05. The fourth-order valence-electron chi connectivity index (χ4n) is 2.02. The third kappa shape index (κ3) is 4.08. The van der Waals surface area contributed by atoms with Crippen molar-refractivity contribution >= 4 is 5.95 Å². The third-order valence-corrected chi connectivity index (χ3v) is 3.03. The van der Waals surface area contributed by atoms with Crippen LogP contribution in [0.15, 0.2) is 12.1 Å². The Bertz CT molecular complexity index is 575. The molecule has 0 aliphatic rings. The van der Waals surface area contributed by atoms with Crippen LogP contribution in [-0.4, -0.2) is 40.5 Å². The van der Waals surface area contributed by atoms with Crippen LogP contribution in [0.3, 0.4) is 0 Å². The first-order chi connectivity index (χ1) is 10.1. The molecule has 0 amide bonds. The van der Waals surface area contributed by atoms with Crippen molar-refractivity contribution in [2.24, 2.45) is 0 Å². The number of ether oxygens (including phenoxy) is 2. The molecular weight excluding hydrogens is 270 g/mol. The predicted molar refractivity (Wildman–Crippen MR) is 79.9 cm³/mol. The number of nitrogens with zero attached hydrogens (tertiary/aromatic N) is 4. The quantitative estimate of drug-likeness (QED) is 0.784. The average Bonchev–Trinajstić information content (AvgIpc) is 2.81. The van der Waals surface area contributed by atoms with Crippen LogP contribution in [0.4, 0.5) is 5.95 Å². The molecule has 2 aromatic heterocycles. The Morgan fingerprint density at radius 1 is 1.10 bits per heavy atom. The van der Waals surface area contributed by atoms with Crippen molar-refractivity contribution in [1.82, 2.24) is 19.7 Å². The van der Waals surface area contributed by atoms with Crippen LogP contribution in [0.25, 0.3) is 0 Å². The summed E-state index contributed by atoms with van der Waals surface area (Å²) >= 11 is 0. The number of anilines is 1. The van der Waals surface area contributed by atoms with Gasteiger partial charge < -0.3 is 14.8 Å². The van der Waals surface area contributed by atoms with Crippen LogP contribution in [0.5, 0.6) is 11.8 Å². The van der Waals surface area contributed by atoms with Gasteiger partial charge in [-0.3, -0.25) is 4.68 Å². The zero-order valence-electron chi connectivity index (χ0n) is 12.9. The maximum atomic E-state index is 5.11. The minimum atomic E-state index is 0.475. The number of methoxy groups -OCH3 is 2. The normalized spacial score (nSPS) is 10.5. The summed E-state index contributed by atoms with van der Waals surface area (Å²) in [7, 11) is 3.13. The van der Waals surface area contributed by atoms with E-state index in [0.717, 1.165) is 25.2 Å². The molecule has 2 rings (SSSR count). The van der Waals surface area contributed by atoms with Gasteiger partial charge in [-0.15, -0.1) is 0 Å². The molecule has 2 heterocycles. The van der Waals surface area contributed by atoms with E-state index in [-0.39, 0.29) is 0 Å². The van der Waals surface area contributed by atoms with Gasteiger partial charge in [0.1, 0.15) is 0 Å². The molecule has 21 heavy (non-hydrogen) atoms. The van der Waals surface area contributed by atoms with E-state index in [4.69, 9.17) is 9.47 Å². The fraction of sp³-hybridized carbons (Fsp3) is 0.500. The summed E-state index contributed by atoms with van der Waals surface area (Å²) in [5.41, 5.74) is 2.22. The molecule has 0 spiro atoms. The molecule has 0 aliphatic carbocycles.